The van der Waals surface area contributed by atoms with E-state index in [2.05, 4.69) is 15.3 Å². The molecule has 0 unspecified atom stereocenters. The molecule has 0 radical (unpaired) electrons. The molecule has 0 saturated carbocycles. The van der Waals surface area contributed by atoms with Crippen LogP contribution in [0.5, 0.6) is 0 Å². The van der Waals surface area contributed by atoms with E-state index < -0.39 is 0 Å². The summed E-state index contributed by atoms with van der Waals surface area (Å²) in [7, 11) is 0. The topological polar surface area (TPSA) is 61.3 Å². The molecule has 1 aromatic heterocycles. The minimum Gasteiger partial charge on any atom is -0.395 e. The number of anilines is 1. The first kappa shape index (κ1) is 16.8. The van der Waals surface area contributed by atoms with Gasteiger partial charge in [-0.2, -0.15) is 0 Å². The lowest BCUT2D eigenvalue weighted by Crippen LogP contribution is -2.29. The molecule has 1 aliphatic rings. The Bertz CT molecular complexity index is 661. The van der Waals surface area contributed by atoms with Crippen molar-refractivity contribution in [2.24, 2.45) is 0 Å². The van der Waals surface area contributed by atoms with Gasteiger partial charge in [0.05, 0.1) is 6.61 Å². The van der Waals surface area contributed by atoms with E-state index in [0.717, 1.165) is 37.4 Å². The third-order valence-electron chi connectivity index (χ3n) is 4.44. The van der Waals surface area contributed by atoms with E-state index >= 15 is 0 Å². The average molecular weight is 330 g/mol. The maximum Gasteiger partial charge on any atom is 0.132 e. The molecule has 2 N–H and O–H groups in total. The highest BCUT2D eigenvalue weighted by molar-refractivity contribution is 5.41. The number of aliphatic hydroxyl groups excluding tert-OH is 1. The summed E-state index contributed by atoms with van der Waals surface area (Å²) in [5.74, 6) is 0.918. The minimum atomic E-state index is -0.243. The van der Waals surface area contributed by atoms with E-state index in [1.54, 1.807) is 18.5 Å². The smallest absolute Gasteiger partial charge is 0.132 e. The number of nitrogens with one attached hydrogen (secondary N) is 1. The number of benzene rings is 1. The molecule has 2 aromatic rings. The van der Waals surface area contributed by atoms with Gasteiger partial charge in [0, 0.05) is 36.3 Å². The minimum absolute atomic E-state index is 0.0128. The summed E-state index contributed by atoms with van der Waals surface area (Å²) in [6, 6.07) is 8.68. The van der Waals surface area contributed by atoms with E-state index in [1.165, 1.54) is 6.07 Å². The average Bonchev–Trinajstić information content (AvgIpc) is 2.64. The summed E-state index contributed by atoms with van der Waals surface area (Å²) in [6.45, 7) is 2.76. The highest BCUT2D eigenvalue weighted by Crippen LogP contribution is 2.26. The summed E-state index contributed by atoms with van der Waals surface area (Å²) in [4.78, 5) is 10.7. The van der Waals surface area contributed by atoms with Gasteiger partial charge in [-0.15, -0.1) is 0 Å². The molecule has 0 bridgehead atoms. The fraction of sp³-hybridized carbons (Fsp3) is 0.444. The Morgan fingerprint density at radius 2 is 2.00 bits per heavy atom. The number of aromatic nitrogens is 2. The molecule has 3 rings (SSSR count). The Morgan fingerprint density at radius 1 is 1.21 bits per heavy atom. The maximum absolute atomic E-state index is 13.9. The zero-order valence-electron chi connectivity index (χ0n) is 13.7. The Labute approximate surface area is 141 Å². The van der Waals surface area contributed by atoms with Crippen molar-refractivity contribution in [3.8, 4) is 0 Å². The van der Waals surface area contributed by atoms with Crippen molar-refractivity contribution in [2.75, 3.05) is 31.1 Å². The maximum atomic E-state index is 13.9. The number of hydrogen-bond acceptors (Lipinski definition) is 5. The number of rotatable bonds is 6. The fourth-order valence-electron chi connectivity index (χ4n) is 3.10. The molecule has 0 spiro atoms. The molecular weight excluding hydrogens is 307 g/mol. The van der Waals surface area contributed by atoms with Gasteiger partial charge in [-0.3, -0.25) is 0 Å². The fourth-order valence-corrected chi connectivity index (χ4v) is 3.10. The molecule has 0 amide bonds. The molecule has 6 heteroatoms. The van der Waals surface area contributed by atoms with Crippen LogP contribution >= 0.6 is 0 Å². The van der Waals surface area contributed by atoms with E-state index in [9.17, 15) is 9.50 Å². The quantitative estimate of drug-likeness (QED) is 0.849. The zero-order chi connectivity index (χ0) is 16.8. The first-order valence-corrected chi connectivity index (χ1v) is 8.40. The van der Waals surface area contributed by atoms with Gasteiger partial charge in [-0.05, 0) is 32.0 Å². The van der Waals surface area contributed by atoms with Gasteiger partial charge in [0.1, 0.15) is 18.0 Å². The number of nitrogens with zero attached hydrogens (tertiary/aromatic N) is 3. The standard InChI is InChI=1S/C18H23FN4O/c19-16-4-2-1-3-15(16)12-23(9-10-24)18-11-17(21-13-22-18)14-5-7-20-8-6-14/h1-4,11,13-14,20,24H,5-10,12H2. The van der Waals surface area contributed by atoms with Crippen LogP contribution in [0.3, 0.4) is 0 Å². The van der Waals surface area contributed by atoms with Crippen molar-refractivity contribution < 1.29 is 9.50 Å². The lowest BCUT2D eigenvalue weighted by atomic mass is 9.94. The van der Waals surface area contributed by atoms with Crippen LogP contribution in [0.2, 0.25) is 0 Å². The van der Waals surface area contributed by atoms with Gasteiger partial charge in [0.15, 0.2) is 0 Å². The van der Waals surface area contributed by atoms with Crippen LogP contribution in [0.1, 0.15) is 30.0 Å². The number of aliphatic hydroxyl groups is 1. The summed E-state index contributed by atoms with van der Waals surface area (Å²) in [6.07, 6.45) is 3.69. The first-order chi connectivity index (χ1) is 11.8. The highest BCUT2D eigenvalue weighted by atomic mass is 19.1. The molecule has 24 heavy (non-hydrogen) atoms. The van der Waals surface area contributed by atoms with Crippen LogP contribution in [0, 0.1) is 5.82 Å². The van der Waals surface area contributed by atoms with Crippen LogP contribution in [0.15, 0.2) is 36.7 Å². The van der Waals surface area contributed by atoms with Gasteiger partial charge in [0.25, 0.3) is 0 Å². The predicted molar refractivity (Wildman–Crippen MR) is 91.4 cm³/mol. The predicted octanol–water partition coefficient (Wildman–Crippen LogP) is 2.08. The van der Waals surface area contributed by atoms with E-state index in [4.69, 9.17) is 0 Å². The molecule has 0 atom stereocenters. The zero-order valence-corrected chi connectivity index (χ0v) is 13.7. The Morgan fingerprint density at radius 3 is 2.75 bits per heavy atom. The van der Waals surface area contributed by atoms with Crippen molar-refractivity contribution >= 4 is 5.82 Å². The molecule has 5 nitrogen and oxygen atoms in total. The third kappa shape index (κ3) is 4.07. The van der Waals surface area contributed by atoms with Crippen LogP contribution < -0.4 is 10.2 Å². The van der Waals surface area contributed by atoms with E-state index in [1.807, 2.05) is 17.0 Å². The second-order valence-electron chi connectivity index (χ2n) is 6.06. The molecule has 1 aliphatic heterocycles. The summed E-state index contributed by atoms with van der Waals surface area (Å²) in [5, 5.41) is 12.7. The Kier molecular flexibility index (Phi) is 5.72. The normalized spacial score (nSPS) is 15.4. The summed E-state index contributed by atoms with van der Waals surface area (Å²) < 4.78 is 13.9. The van der Waals surface area contributed by atoms with Crippen molar-refractivity contribution in [1.29, 1.82) is 0 Å². The number of piperidine rings is 1. The first-order valence-electron chi connectivity index (χ1n) is 8.40. The number of halogens is 1. The van der Waals surface area contributed by atoms with Gasteiger partial charge in [-0.25, -0.2) is 14.4 Å². The van der Waals surface area contributed by atoms with Crippen LogP contribution in [0.25, 0.3) is 0 Å². The Balaban J connectivity index is 1.81. The van der Waals surface area contributed by atoms with Gasteiger partial charge in [0.2, 0.25) is 0 Å². The molecule has 0 aliphatic carbocycles. The molecular formula is C18H23FN4O. The van der Waals surface area contributed by atoms with Crippen molar-refractivity contribution in [3.05, 3.63) is 53.7 Å². The lowest BCUT2D eigenvalue weighted by Gasteiger charge is -2.26. The largest absolute Gasteiger partial charge is 0.395 e. The molecule has 1 saturated heterocycles. The molecule has 1 aromatic carbocycles. The van der Waals surface area contributed by atoms with Crippen LogP contribution in [-0.4, -0.2) is 41.3 Å². The van der Waals surface area contributed by atoms with Crippen LogP contribution in [0.4, 0.5) is 10.2 Å². The Hall–Kier alpha value is -2.05. The van der Waals surface area contributed by atoms with Gasteiger partial charge < -0.3 is 15.3 Å². The van der Waals surface area contributed by atoms with Crippen molar-refractivity contribution in [1.82, 2.24) is 15.3 Å². The van der Waals surface area contributed by atoms with Gasteiger partial charge in [-0.1, -0.05) is 18.2 Å². The van der Waals surface area contributed by atoms with E-state index in [0.29, 0.717) is 24.6 Å². The van der Waals surface area contributed by atoms with Crippen molar-refractivity contribution in [2.45, 2.75) is 25.3 Å². The van der Waals surface area contributed by atoms with Crippen LogP contribution in [-0.2, 0) is 6.54 Å². The third-order valence-corrected chi connectivity index (χ3v) is 4.44. The SMILES string of the molecule is OCCN(Cc1ccccc1F)c1cc(C2CCNCC2)ncn1. The molecule has 2 heterocycles. The summed E-state index contributed by atoms with van der Waals surface area (Å²) in [5.41, 5.74) is 1.62. The second kappa shape index (κ2) is 8.17. The highest BCUT2D eigenvalue weighted by Gasteiger charge is 2.19. The van der Waals surface area contributed by atoms with Crippen molar-refractivity contribution in [3.63, 3.8) is 0 Å². The molecule has 1 fully saturated rings. The van der Waals surface area contributed by atoms with Gasteiger partial charge >= 0.3 is 0 Å². The lowest BCUT2D eigenvalue weighted by molar-refractivity contribution is 0.301. The summed E-state index contributed by atoms with van der Waals surface area (Å²) >= 11 is 0. The monoisotopic (exact) mass is 330 g/mol. The van der Waals surface area contributed by atoms with E-state index in [-0.39, 0.29) is 12.4 Å². The number of hydrogen-bond donors (Lipinski definition) is 2. The second-order valence-corrected chi connectivity index (χ2v) is 6.06. The molecule has 128 valence electrons.